The highest BCUT2D eigenvalue weighted by Crippen LogP contribution is 2.48. The van der Waals surface area contributed by atoms with Crippen LogP contribution in [0.3, 0.4) is 0 Å². The van der Waals surface area contributed by atoms with Crippen molar-refractivity contribution < 1.29 is 9.53 Å². The molecule has 1 saturated carbocycles. The van der Waals surface area contributed by atoms with Crippen LogP contribution in [0.25, 0.3) is 0 Å². The van der Waals surface area contributed by atoms with Gasteiger partial charge in [0.1, 0.15) is 0 Å². The second kappa shape index (κ2) is 7.83. The van der Waals surface area contributed by atoms with Gasteiger partial charge in [0.15, 0.2) is 5.60 Å². The fourth-order valence-corrected chi connectivity index (χ4v) is 4.45. The number of hydrogen-bond donors (Lipinski definition) is 2. The van der Waals surface area contributed by atoms with E-state index < -0.39 is 5.60 Å². The van der Waals surface area contributed by atoms with Crippen LogP contribution in [0.4, 0.5) is 0 Å². The number of carbonyl (C=O) groups excluding carboxylic acids is 1. The summed E-state index contributed by atoms with van der Waals surface area (Å²) in [7, 11) is 0. The van der Waals surface area contributed by atoms with Crippen LogP contribution >= 0.6 is 0 Å². The van der Waals surface area contributed by atoms with Gasteiger partial charge in [0, 0.05) is 13.2 Å². The van der Waals surface area contributed by atoms with Crippen LogP contribution in [0.5, 0.6) is 0 Å². The summed E-state index contributed by atoms with van der Waals surface area (Å²) in [6, 6.07) is 19.7. The standard InChI is InChI=1S/C23H28N2O2/c1-2-13-27-23(17-9-5-3-6-10-17,18-11-7-4-8-12-18)22(26)25-16-21-19-14-24-15-20(19)21/h3-12,19-21,24H,2,13-16H2,1H3,(H,25,26). The maximum atomic E-state index is 13.6. The van der Waals surface area contributed by atoms with Crippen LogP contribution < -0.4 is 10.6 Å². The molecule has 0 bridgehead atoms. The average molecular weight is 364 g/mol. The Hall–Kier alpha value is -2.17. The summed E-state index contributed by atoms with van der Waals surface area (Å²) >= 11 is 0. The fourth-order valence-electron chi connectivity index (χ4n) is 4.45. The first-order valence-electron chi connectivity index (χ1n) is 10.0. The molecule has 1 saturated heterocycles. The zero-order chi connectivity index (χ0) is 18.7. The molecule has 2 N–H and O–H groups in total. The molecule has 1 aliphatic carbocycles. The molecule has 4 nitrogen and oxygen atoms in total. The van der Waals surface area contributed by atoms with Crippen LogP contribution in [-0.2, 0) is 15.1 Å². The first kappa shape index (κ1) is 18.2. The zero-order valence-electron chi connectivity index (χ0n) is 15.9. The largest absolute Gasteiger partial charge is 0.356 e. The molecule has 27 heavy (non-hydrogen) atoms. The van der Waals surface area contributed by atoms with Crippen molar-refractivity contribution in [2.75, 3.05) is 26.2 Å². The van der Waals surface area contributed by atoms with E-state index in [4.69, 9.17) is 4.74 Å². The van der Waals surface area contributed by atoms with Gasteiger partial charge in [-0.3, -0.25) is 4.79 Å². The van der Waals surface area contributed by atoms with Crippen LogP contribution in [0.2, 0.25) is 0 Å². The first-order valence-corrected chi connectivity index (χ1v) is 10.0. The van der Waals surface area contributed by atoms with Gasteiger partial charge in [0.05, 0.1) is 0 Å². The highest BCUT2D eigenvalue weighted by Gasteiger charge is 2.53. The van der Waals surface area contributed by atoms with E-state index in [0.29, 0.717) is 12.5 Å². The van der Waals surface area contributed by atoms with Gasteiger partial charge in [-0.2, -0.15) is 0 Å². The van der Waals surface area contributed by atoms with Crippen molar-refractivity contribution in [3.63, 3.8) is 0 Å². The number of hydrogen-bond acceptors (Lipinski definition) is 3. The fraction of sp³-hybridized carbons (Fsp3) is 0.435. The molecule has 1 aliphatic heterocycles. The molecule has 2 unspecified atom stereocenters. The number of ether oxygens (including phenoxy) is 1. The number of piperidine rings is 1. The van der Waals surface area contributed by atoms with Crippen LogP contribution in [0, 0.1) is 17.8 Å². The lowest BCUT2D eigenvalue weighted by atomic mass is 9.85. The van der Waals surface area contributed by atoms with Crippen molar-refractivity contribution in [3.05, 3.63) is 71.8 Å². The van der Waals surface area contributed by atoms with Crippen molar-refractivity contribution >= 4 is 5.91 Å². The Labute approximate surface area is 161 Å². The molecule has 4 heteroatoms. The minimum Gasteiger partial charge on any atom is -0.356 e. The molecule has 1 heterocycles. The summed E-state index contributed by atoms with van der Waals surface area (Å²) in [6.45, 7) is 5.49. The summed E-state index contributed by atoms with van der Waals surface area (Å²) < 4.78 is 6.34. The summed E-state index contributed by atoms with van der Waals surface area (Å²) in [6.07, 6.45) is 0.854. The van der Waals surface area contributed by atoms with Crippen molar-refractivity contribution in [1.82, 2.24) is 10.6 Å². The third-order valence-corrected chi connectivity index (χ3v) is 5.97. The summed E-state index contributed by atoms with van der Waals surface area (Å²) in [4.78, 5) is 13.6. The Morgan fingerprint density at radius 3 is 2.11 bits per heavy atom. The molecule has 2 aliphatic rings. The van der Waals surface area contributed by atoms with Gasteiger partial charge >= 0.3 is 0 Å². The van der Waals surface area contributed by atoms with Gasteiger partial charge in [0.2, 0.25) is 0 Å². The highest BCUT2D eigenvalue weighted by molar-refractivity contribution is 5.90. The molecule has 0 spiro atoms. The summed E-state index contributed by atoms with van der Waals surface area (Å²) in [5, 5.41) is 6.64. The third-order valence-electron chi connectivity index (χ3n) is 5.97. The predicted molar refractivity (Wildman–Crippen MR) is 106 cm³/mol. The second-order valence-corrected chi connectivity index (χ2v) is 7.62. The van der Waals surface area contributed by atoms with E-state index in [2.05, 4.69) is 17.6 Å². The Morgan fingerprint density at radius 1 is 1.04 bits per heavy atom. The molecule has 1 amide bonds. The lowest BCUT2D eigenvalue weighted by molar-refractivity contribution is -0.143. The average Bonchev–Trinajstić information content (AvgIpc) is 3.15. The second-order valence-electron chi connectivity index (χ2n) is 7.62. The molecule has 0 aromatic heterocycles. The van der Waals surface area contributed by atoms with Crippen molar-refractivity contribution in [1.29, 1.82) is 0 Å². The maximum absolute atomic E-state index is 13.6. The molecule has 0 radical (unpaired) electrons. The SMILES string of the molecule is CCCOC(C(=O)NCC1C2CNCC21)(c1ccccc1)c1ccccc1. The highest BCUT2D eigenvalue weighted by atomic mass is 16.5. The molecule has 142 valence electrons. The molecule has 2 aromatic carbocycles. The van der Waals surface area contributed by atoms with Crippen molar-refractivity contribution in [2.45, 2.75) is 18.9 Å². The number of nitrogens with one attached hydrogen (secondary N) is 2. The van der Waals surface area contributed by atoms with Crippen LogP contribution in [0.15, 0.2) is 60.7 Å². The van der Waals surface area contributed by atoms with Gasteiger partial charge in [-0.1, -0.05) is 67.6 Å². The zero-order valence-corrected chi connectivity index (χ0v) is 15.9. The van der Waals surface area contributed by atoms with Crippen LogP contribution in [-0.4, -0.2) is 32.1 Å². The summed E-state index contributed by atoms with van der Waals surface area (Å²) in [5.74, 6) is 1.99. The number of rotatable bonds is 8. The number of benzene rings is 2. The Morgan fingerprint density at radius 2 is 1.59 bits per heavy atom. The van der Waals surface area contributed by atoms with Gasteiger partial charge in [-0.15, -0.1) is 0 Å². The van der Waals surface area contributed by atoms with Crippen molar-refractivity contribution in [2.24, 2.45) is 17.8 Å². The van der Waals surface area contributed by atoms with E-state index >= 15 is 0 Å². The van der Waals surface area contributed by atoms with E-state index in [1.165, 1.54) is 0 Å². The van der Waals surface area contributed by atoms with Crippen LogP contribution in [0.1, 0.15) is 24.5 Å². The van der Waals surface area contributed by atoms with Crippen molar-refractivity contribution in [3.8, 4) is 0 Å². The third kappa shape index (κ3) is 3.40. The smallest absolute Gasteiger partial charge is 0.261 e. The lowest BCUT2D eigenvalue weighted by Crippen LogP contribution is -2.48. The van der Waals surface area contributed by atoms with E-state index in [9.17, 15) is 4.79 Å². The van der Waals surface area contributed by atoms with Gasteiger partial charge < -0.3 is 15.4 Å². The molecule has 4 rings (SSSR count). The van der Waals surface area contributed by atoms with Gasteiger partial charge in [-0.25, -0.2) is 0 Å². The number of amides is 1. The van der Waals surface area contributed by atoms with E-state index in [-0.39, 0.29) is 5.91 Å². The van der Waals surface area contributed by atoms with E-state index in [0.717, 1.165) is 49.0 Å². The predicted octanol–water partition coefficient (Wildman–Crippen LogP) is 2.94. The molecular formula is C23H28N2O2. The van der Waals surface area contributed by atoms with E-state index in [1.807, 2.05) is 60.7 Å². The minimum atomic E-state index is -1.11. The minimum absolute atomic E-state index is 0.0636. The first-order chi connectivity index (χ1) is 13.3. The van der Waals surface area contributed by atoms with Gasteiger partial charge in [0.25, 0.3) is 5.91 Å². The molecule has 2 fully saturated rings. The topological polar surface area (TPSA) is 50.4 Å². The Kier molecular flexibility index (Phi) is 5.28. The lowest BCUT2D eigenvalue weighted by Gasteiger charge is -2.34. The molecule has 2 atom stereocenters. The van der Waals surface area contributed by atoms with Gasteiger partial charge in [-0.05, 0) is 48.4 Å². The summed E-state index contributed by atoms with van der Waals surface area (Å²) in [5.41, 5.74) is 0.639. The number of fused-ring (bicyclic) bond motifs is 1. The maximum Gasteiger partial charge on any atom is 0.261 e. The Balaban J connectivity index is 1.64. The monoisotopic (exact) mass is 364 g/mol. The van der Waals surface area contributed by atoms with E-state index in [1.54, 1.807) is 0 Å². The normalized spacial score (nSPS) is 23.7. The Bertz CT molecular complexity index is 713. The quantitative estimate of drug-likeness (QED) is 0.757. The molecular weight excluding hydrogens is 336 g/mol. The number of carbonyl (C=O) groups is 1. The molecule has 2 aromatic rings.